The Morgan fingerprint density at radius 2 is 2.27 bits per heavy atom. The number of carbonyl (C=O) groups excluding carboxylic acids is 1. The maximum Gasteiger partial charge on any atom is 0.155 e. The molecule has 0 N–H and O–H groups in total. The second-order valence-corrected chi connectivity index (χ2v) is 3.24. The van der Waals surface area contributed by atoms with E-state index in [0.717, 1.165) is 5.69 Å². The molecule has 2 aromatic heterocycles. The molecule has 0 aliphatic heterocycles. The summed E-state index contributed by atoms with van der Waals surface area (Å²) in [5.41, 5.74) is 1.49. The highest BCUT2D eigenvalue weighted by molar-refractivity contribution is 6.32. The molecule has 0 unspecified atom stereocenters. The van der Waals surface area contributed by atoms with Crippen LogP contribution < -0.4 is 0 Å². The Labute approximate surface area is 90.7 Å². The zero-order chi connectivity index (χ0) is 10.8. The largest absolute Gasteiger partial charge is 0.298 e. The minimum Gasteiger partial charge on any atom is -0.298 e. The van der Waals surface area contributed by atoms with Crippen molar-refractivity contribution in [3.05, 3.63) is 29.3 Å². The summed E-state index contributed by atoms with van der Waals surface area (Å²) >= 11 is 5.79. The molecule has 0 spiro atoms. The van der Waals surface area contributed by atoms with Crippen molar-refractivity contribution in [2.45, 2.75) is 0 Å². The molecule has 0 saturated carbocycles. The molecular weight excluding hydrogens is 216 g/mol. The van der Waals surface area contributed by atoms with Gasteiger partial charge in [0.2, 0.25) is 0 Å². The Balaban J connectivity index is 2.68. The lowest BCUT2D eigenvalue weighted by molar-refractivity contribution is 0.112. The number of aromatic nitrogens is 4. The molecule has 2 rings (SSSR count). The topological polar surface area (TPSA) is 60.7 Å². The van der Waals surface area contributed by atoms with Gasteiger partial charge in [0.15, 0.2) is 6.29 Å². The van der Waals surface area contributed by atoms with Crippen LogP contribution in [0.25, 0.3) is 11.4 Å². The van der Waals surface area contributed by atoms with Crippen LogP contribution in [-0.4, -0.2) is 26.0 Å². The van der Waals surface area contributed by atoms with Gasteiger partial charge in [-0.2, -0.15) is 5.10 Å². The zero-order valence-electron chi connectivity index (χ0n) is 7.88. The number of halogens is 1. The van der Waals surface area contributed by atoms with Crippen LogP contribution in [0.3, 0.4) is 0 Å². The summed E-state index contributed by atoms with van der Waals surface area (Å²) in [4.78, 5) is 18.6. The van der Waals surface area contributed by atoms with Crippen molar-refractivity contribution < 1.29 is 4.79 Å². The normalized spacial score (nSPS) is 10.3. The van der Waals surface area contributed by atoms with Crippen LogP contribution in [0.4, 0.5) is 0 Å². The fourth-order valence-electron chi connectivity index (χ4n) is 1.29. The molecule has 0 saturated heterocycles. The smallest absolute Gasteiger partial charge is 0.155 e. The van der Waals surface area contributed by atoms with E-state index in [1.807, 2.05) is 0 Å². The third kappa shape index (κ3) is 1.61. The minimum atomic E-state index is 0.149. The molecular formula is C9H7ClN4O. The predicted octanol–water partition coefficient (Wildman–Crippen LogP) is 1.34. The van der Waals surface area contributed by atoms with Crippen molar-refractivity contribution in [3.8, 4) is 11.4 Å². The number of aldehydes is 1. The van der Waals surface area contributed by atoms with Gasteiger partial charge in [-0.05, 0) is 6.07 Å². The third-order valence-corrected chi connectivity index (χ3v) is 2.32. The standard InChI is InChI=1S/C9H7ClN4O/c1-14-7(2-3-13-14)8-6(4-15)9(10)12-5-11-8/h2-5H,1H3. The highest BCUT2D eigenvalue weighted by Crippen LogP contribution is 2.22. The fourth-order valence-corrected chi connectivity index (χ4v) is 1.47. The first kappa shape index (κ1) is 9.79. The summed E-state index contributed by atoms with van der Waals surface area (Å²) in [5, 5.41) is 4.14. The lowest BCUT2D eigenvalue weighted by atomic mass is 10.2. The van der Waals surface area contributed by atoms with Gasteiger partial charge in [-0.25, -0.2) is 9.97 Å². The van der Waals surface area contributed by atoms with E-state index >= 15 is 0 Å². The molecule has 0 aliphatic rings. The van der Waals surface area contributed by atoms with Crippen molar-refractivity contribution in [1.29, 1.82) is 0 Å². The number of hydrogen-bond acceptors (Lipinski definition) is 4. The minimum absolute atomic E-state index is 0.149. The molecule has 0 aromatic carbocycles. The first-order valence-electron chi connectivity index (χ1n) is 4.18. The maximum absolute atomic E-state index is 10.9. The van der Waals surface area contributed by atoms with Gasteiger partial charge >= 0.3 is 0 Å². The SMILES string of the molecule is Cn1nccc1-c1ncnc(Cl)c1C=O. The van der Waals surface area contributed by atoms with Crippen LogP contribution in [0.1, 0.15) is 10.4 Å². The van der Waals surface area contributed by atoms with E-state index in [0.29, 0.717) is 12.0 Å². The van der Waals surface area contributed by atoms with Gasteiger partial charge in [-0.15, -0.1) is 0 Å². The molecule has 76 valence electrons. The number of carbonyl (C=O) groups is 1. The Morgan fingerprint density at radius 3 is 2.87 bits per heavy atom. The first-order valence-corrected chi connectivity index (χ1v) is 4.56. The fraction of sp³-hybridized carbons (Fsp3) is 0.111. The molecule has 0 bridgehead atoms. The summed E-state index contributed by atoms with van der Waals surface area (Å²) in [6.07, 6.45) is 3.59. The molecule has 0 aliphatic carbocycles. The molecule has 0 atom stereocenters. The van der Waals surface area contributed by atoms with Gasteiger partial charge in [-0.1, -0.05) is 11.6 Å². The van der Waals surface area contributed by atoms with E-state index in [4.69, 9.17) is 11.6 Å². The monoisotopic (exact) mass is 222 g/mol. The van der Waals surface area contributed by atoms with Crippen molar-refractivity contribution in [2.24, 2.45) is 7.05 Å². The number of nitrogens with zero attached hydrogens (tertiary/aromatic N) is 4. The van der Waals surface area contributed by atoms with Crippen molar-refractivity contribution in [3.63, 3.8) is 0 Å². The van der Waals surface area contributed by atoms with Gasteiger partial charge < -0.3 is 0 Å². The van der Waals surface area contributed by atoms with Gasteiger partial charge in [0.1, 0.15) is 17.2 Å². The lowest BCUT2D eigenvalue weighted by Crippen LogP contribution is -2.00. The molecule has 5 nitrogen and oxygen atoms in total. The summed E-state index contributed by atoms with van der Waals surface area (Å²) in [5.74, 6) is 0. The molecule has 6 heteroatoms. The highest BCUT2D eigenvalue weighted by Gasteiger charge is 2.13. The summed E-state index contributed by atoms with van der Waals surface area (Å²) in [7, 11) is 1.76. The lowest BCUT2D eigenvalue weighted by Gasteiger charge is -2.04. The van der Waals surface area contributed by atoms with Gasteiger partial charge in [0, 0.05) is 13.2 Å². The van der Waals surface area contributed by atoms with Crippen molar-refractivity contribution in [1.82, 2.24) is 19.7 Å². The summed E-state index contributed by atoms with van der Waals surface area (Å²) in [6, 6.07) is 1.76. The second kappa shape index (κ2) is 3.78. The molecule has 2 aromatic rings. The van der Waals surface area contributed by atoms with E-state index in [1.54, 1.807) is 24.0 Å². The number of rotatable bonds is 2. The average molecular weight is 223 g/mol. The average Bonchev–Trinajstić information content (AvgIpc) is 2.64. The zero-order valence-corrected chi connectivity index (χ0v) is 8.64. The summed E-state index contributed by atoms with van der Waals surface area (Å²) in [6.45, 7) is 0. The first-order chi connectivity index (χ1) is 7.24. The Bertz CT molecular complexity index is 509. The van der Waals surface area contributed by atoms with Crippen molar-refractivity contribution >= 4 is 17.9 Å². The van der Waals surface area contributed by atoms with E-state index in [-0.39, 0.29) is 10.7 Å². The van der Waals surface area contributed by atoms with Crippen LogP contribution in [0.5, 0.6) is 0 Å². The van der Waals surface area contributed by atoms with Crippen LogP contribution in [0.15, 0.2) is 18.6 Å². The van der Waals surface area contributed by atoms with E-state index in [1.165, 1.54) is 6.33 Å². The Hall–Kier alpha value is -1.75. The molecule has 0 radical (unpaired) electrons. The van der Waals surface area contributed by atoms with Crippen LogP contribution in [0.2, 0.25) is 5.15 Å². The number of hydrogen-bond donors (Lipinski definition) is 0. The quantitative estimate of drug-likeness (QED) is 0.568. The number of aryl methyl sites for hydroxylation is 1. The Kier molecular flexibility index (Phi) is 2.47. The predicted molar refractivity (Wildman–Crippen MR) is 54.6 cm³/mol. The van der Waals surface area contributed by atoms with Gasteiger partial charge in [0.05, 0.1) is 11.3 Å². The summed E-state index contributed by atoms with van der Waals surface area (Å²) < 4.78 is 1.62. The van der Waals surface area contributed by atoms with E-state index < -0.39 is 0 Å². The van der Waals surface area contributed by atoms with Gasteiger partial charge in [0.25, 0.3) is 0 Å². The second-order valence-electron chi connectivity index (χ2n) is 2.88. The molecule has 0 fully saturated rings. The molecule has 2 heterocycles. The maximum atomic E-state index is 10.9. The van der Waals surface area contributed by atoms with E-state index in [9.17, 15) is 4.79 Å². The van der Waals surface area contributed by atoms with Gasteiger partial charge in [-0.3, -0.25) is 9.48 Å². The molecule has 15 heavy (non-hydrogen) atoms. The van der Waals surface area contributed by atoms with E-state index in [2.05, 4.69) is 15.1 Å². The highest BCUT2D eigenvalue weighted by atomic mass is 35.5. The van der Waals surface area contributed by atoms with Crippen LogP contribution >= 0.6 is 11.6 Å². The Morgan fingerprint density at radius 1 is 1.47 bits per heavy atom. The van der Waals surface area contributed by atoms with Crippen LogP contribution in [0, 0.1) is 0 Å². The molecule has 0 amide bonds. The van der Waals surface area contributed by atoms with Crippen LogP contribution in [-0.2, 0) is 7.05 Å². The van der Waals surface area contributed by atoms with Crippen molar-refractivity contribution in [2.75, 3.05) is 0 Å². The third-order valence-electron chi connectivity index (χ3n) is 2.02.